The lowest BCUT2D eigenvalue weighted by atomic mass is 10.1. The number of benzene rings is 2. The maximum atomic E-state index is 11.5. The average molecular weight is 252 g/mol. The van der Waals surface area contributed by atoms with Gasteiger partial charge in [0.25, 0.3) is 5.91 Å². The Hall–Kier alpha value is -2.82. The van der Waals surface area contributed by atoms with Gasteiger partial charge in [0, 0.05) is 11.4 Å². The summed E-state index contributed by atoms with van der Waals surface area (Å²) >= 11 is 0. The number of para-hydroxylation sites is 1. The van der Waals surface area contributed by atoms with E-state index in [0.717, 1.165) is 11.2 Å². The molecule has 1 aromatic heterocycles. The van der Waals surface area contributed by atoms with E-state index < -0.39 is 5.91 Å². The highest BCUT2D eigenvalue weighted by molar-refractivity contribution is 6.04. The number of carbonyl (C=O) groups excluding carboxylic acids is 1. The number of nitrogens with zero attached hydrogens (tertiary/aromatic N) is 2. The lowest BCUT2D eigenvalue weighted by Gasteiger charge is -2.07. The van der Waals surface area contributed by atoms with Gasteiger partial charge in [-0.3, -0.25) is 9.36 Å². The minimum absolute atomic E-state index is 0.451. The summed E-state index contributed by atoms with van der Waals surface area (Å²) in [4.78, 5) is 15.8. The molecule has 0 aliphatic carbocycles. The second kappa shape index (κ2) is 4.13. The second-order valence-corrected chi connectivity index (χ2v) is 4.24. The van der Waals surface area contributed by atoms with Crippen LogP contribution in [0.5, 0.6) is 0 Å². The summed E-state index contributed by atoms with van der Waals surface area (Å²) in [5.74, 6) is -0.470. The molecule has 0 saturated carbocycles. The van der Waals surface area contributed by atoms with Crippen molar-refractivity contribution < 1.29 is 4.79 Å². The number of primary amides is 1. The highest BCUT2D eigenvalue weighted by Crippen LogP contribution is 2.22. The van der Waals surface area contributed by atoms with E-state index in [2.05, 4.69) is 4.98 Å². The Bertz CT molecular complexity index is 759. The van der Waals surface area contributed by atoms with Crippen molar-refractivity contribution >= 4 is 22.6 Å². The van der Waals surface area contributed by atoms with E-state index in [0.29, 0.717) is 16.8 Å². The largest absolute Gasteiger partial charge is 0.399 e. The van der Waals surface area contributed by atoms with Crippen molar-refractivity contribution in [3.63, 3.8) is 0 Å². The second-order valence-electron chi connectivity index (χ2n) is 4.24. The Balaban J connectivity index is 2.30. The van der Waals surface area contributed by atoms with Crippen LogP contribution in [0.3, 0.4) is 0 Å². The highest BCUT2D eigenvalue weighted by Gasteiger charge is 2.12. The van der Waals surface area contributed by atoms with Gasteiger partial charge in [-0.25, -0.2) is 4.98 Å². The van der Waals surface area contributed by atoms with E-state index in [1.54, 1.807) is 30.6 Å². The zero-order valence-electron chi connectivity index (χ0n) is 10.1. The van der Waals surface area contributed by atoms with Crippen molar-refractivity contribution in [2.24, 2.45) is 5.73 Å². The van der Waals surface area contributed by atoms with Crippen molar-refractivity contribution in [1.29, 1.82) is 0 Å². The predicted molar refractivity (Wildman–Crippen MR) is 74.0 cm³/mol. The molecule has 1 heterocycles. The van der Waals surface area contributed by atoms with Gasteiger partial charge >= 0.3 is 0 Å². The van der Waals surface area contributed by atoms with Crippen LogP contribution in [0.4, 0.5) is 5.69 Å². The summed E-state index contributed by atoms with van der Waals surface area (Å²) in [6, 6.07) is 12.6. The number of fused-ring (bicyclic) bond motifs is 1. The molecule has 0 aliphatic rings. The van der Waals surface area contributed by atoms with Crippen LogP contribution in [0.15, 0.2) is 48.8 Å². The van der Waals surface area contributed by atoms with E-state index in [-0.39, 0.29) is 0 Å². The smallest absolute Gasteiger partial charge is 0.250 e. The fourth-order valence-electron chi connectivity index (χ4n) is 2.10. The molecule has 0 bridgehead atoms. The minimum Gasteiger partial charge on any atom is -0.399 e. The van der Waals surface area contributed by atoms with Crippen molar-refractivity contribution in [2.75, 3.05) is 5.73 Å². The van der Waals surface area contributed by atoms with Gasteiger partial charge in [0.1, 0.15) is 6.33 Å². The number of hydrogen-bond donors (Lipinski definition) is 2. The molecular weight excluding hydrogens is 240 g/mol. The summed E-state index contributed by atoms with van der Waals surface area (Å²) in [6.07, 6.45) is 1.67. The standard InChI is InChI=1S/C14H12N4O/c15-9-4-6-10(7-5-9)18-8-17-12-3-1-2-11(13(12)18)14(16)19/h1-8H,15H2,(H2,16,19). The highest BCUT2D eigenvalue weighted by atomic mass is 16.1. The molecule has 0 unspecified atom stereocenters. The van der Waals surface area contributed by atoms with Crippen LogP contribution in [0.2, 0.25) is 0 Å². The first kappa shape index (κ1) is 11.3. The molecule has 0 fully saturated rings. The van der Waals surface area contributed by atoms with Gasteiger partial charge in [0.05, 0.1) is 16.6 Å². The maximum absolute atomic E-state index is 11.5. The Morgan fingerprint density at radius 3 is 2.53 bits per heavy atom. The summed E-state index contributed by atoms with van der Waals surface area (Å²) in [5, 5.41) is 0. The van der Waals surface area contributed by atoms with E-state index >= 15 is 0 Å². The van der Waals surface area contributed by atoms with Gasteiger partial charge in [-0.2, -0.15) is 0 Å². The van der Waals surface area contributed by atoms with Crippen molar-refractivity contribution in [3.8, 4) is 5.69 Å². The van der Waals surface area contributed by atoms with Crippen LogP contribution in [-0.2, 0) is 0 Å². The molecule has 3 rings (SSSR count). The Labute approximate surface area is 109 Å². The number of rotatable bonds is 2. The summed E-state index contributed by atoms with van der Waals surface area (Å²) in [6.45, 7) is 0. The van der Waals surface area contributed by atoms with Gasteiger partial charge in [0.2, 0.25) is 0 Å². The summed E-state index contributed by atoms with van der Waals surface area (Å²) < 4.78 is 1.83. The first-order valence-electron chi connectivity index (χ1n) is 5.78. The first-order chi connectivity index (χ1) is 9.16. The van der Waals surface area contributed by atoms with Crippen molar-refractivity contribution in [3.05, 3.63) is 54.4 Å². The van der Waals surface area contributed by atoms with Gasteiger partial charge in [-0.1, -0.05) is 6.07 Å². The van der Waals surface area contributed by atoms with Crippen LogP contribution in [0.25, 0.3) is 16.7 Å². The van der Waals surface area contributed by atoms with Crippen molar-refractivity contribution in [2.45, 2.75) is 0 Å². The van der Waals surface area contributed by atoms with Crippen LogP contribution in [-0.4, -0.2) is 15.5 Å². The number of imidazole rings is 1. The average Bonchev–Trinajstić information content (AvgIpc) is 2.83. The summed E-state index contributed by atoms with van der Waals surface area (Å²) in [7, 11) is 0. The van der Waals surface area contributed by atoms with E-state index in [1.165, 1.54) is 0 Å². The predicted octanol–water partition coefficient (Wildman–Crippen LogP) is 1.71. The number of carbonyl (C=O) groups is 1. The molecule has 0 atom stereocenters. The normalized spacial score (nSPS) is 10.7. The van der Waals surface area contributed by atoms with Crippen LogP contribution >= 0.6 is 0 Å². The fraction of sp³-hybridized carbons (Fsp3) is 0. The molecule has 5 nitrogen and oxygen atoms in total. The molecule has 2 aromatic carbocycles. The quantitative estimate of drug-likeness (QED) is 0.680. The topological polar surface area (TPSA) is 86.9 Å². The fourth-order valence-corrected chi connectivity index (χ4v) is 2.10. The number of aromatic nitrogens is 2. The zero-order chi connectivity index (χ0) is 13.4. The Kier molecular flexibility index (Phi) is 2.45. The third-order valence-corrected chi connectivity index (χ3v) is 3.00. The van der Waals surface area contributed by atoms with Crippen LogP contribution < -0.4 is 11.5 Å². The maximum Gasteiger partial charge on any atom is 0.250 e. The first-order valence-corrected chi connectivity index (χ1v) is 5.78. The molecule has 4 N–H and O–H groups in total. The molecule has 94 valence electrons. The molecule has 0 aliphatic heterocycles. The number of nitrogen functional groups attached to an aromatic ring is 1. The van der Waals surface area contributed by atoms with E-state index in [4.69, 9.17) is 11.5 Å². The van der Waals surface area contributed by atoms with Crippen LogP contribution in [0.1, 0.15) is 10.4 Å². The van der Waals surface area contributed by atoms with Crippen molar-refractivity contribution in [1.82, 2.24) is 9.55 Å². The lowest BCUT2D eigenvalue weighted by Crippen LogP contribution is -2.12. The van der Waals surface area contributed by atoms with Gasteiger partial charge in [-0.15, -0.1) is 0 Å². The molecule has 1 amide bonds. The molecule has 0 radical (unpaired) electrons. The van der Waals surface area contributed by atoms with Gasteiger partial charge in [0.15, 0.2) is 0 Å². The van der Waals surface area contributed by atoms with Crippen LogP contribution in [0, 0.1) is 0 Å². The number of amides is 1. The molecule has 5 heteroatoms. The Morgan fingerprint density at radius 1 is 1.11 bits per heavy atom. The third-order valence-electron chi connectivity index (χ3n) is 3.00. The van der Waals surface area contributed by atoms with E-state index in [1.807, 2.05) is 22.8 Å². The van der Waals surface area contributed by atoms with Gasteiger partial charge in [-0.05, 0) is 36.4 Å². The minimum atomic E-state index is -0.470. The molecule has 0 saturated heterocycles. The number of hydrogen-bond acceptors (Lipinski definition) is 3. The van der Waals surface area contributed by atoms with Gasteiger partial charge < -0.3 is 11.5 Å². The molecule has 3 aromatic rings. The Morgan fingerprint density at radius 2 is 1.84 bits per heavy atom. The van der Waals surface area contributed by atoms with E-state index in [9.17, 15) is 4.79 Å². The molecule has 19 heavy (non-hydrogen) atoms. The zero-order valence-corrected chi connectivity index (χ0v) is 10.1. The number of anilines is 1. The third kappa shape index (κ3) is 1.81. The number of nitrogens with two attached hydrogens (primary N) is 2. The summed E-state index contributed by atoms with van der Waals surface area (Å²) in [5.41, 5.74) is 14.5. The monoisotopic (exact) mass is 252 g/mol. The SMILES string of the molecule is NC(=O)c1cccc2ncn(-c3ccc(N)cc3)c12. The lowest BCUT2D eigenvalue weighted by molar-refractivity contribution is 0.100. The molecule has 0 spiro atoms. The molecular formula is C14H12N4O.